The number of halogens is 3. The maximum atomic E-state index is 13.8. The highest BCUT2D eigenvalue weighted by Gasteiger charge is 2.43. The Kier molecular flexibility index (Phi) is 3.56. The molecule has 2 bridgehead atoms. The molecule has 0 spiro atoms. The minimum Gasteiger partial charge on any atom is -0.332 e. The summed E-state index contributed by atoms with van der Waals surface area (Å²) in [5, 5.41) is 0.147. The van der Waals surface area contributed by atoms with E-state index in [4.69, 9.17) is 11.6 Å². The molecular formula is C14H14BrClFNO. The van der Waals surface area contributed by atoms with Crippen molar-refractivity contribution in [3.8, 4) is 0 Å². The van der Waals surface area contributed by atoms with Crippen molar-refractivity contribution in [2.45, 2.75) is 43.1 Å². The predicted octanol–water partition coefficient (Wildman–Crippen LogP) is 3.96. The number of carbonyl (C=O) groups is 1. The number of benzene rings is 1. The summed E-state index contributed by atoms with van der Waals surface area (Å²) in [6.07, 6.45) is 3.60. The lowest BCUT2D eigenvalue weighted by molar-refractivity contribution is 0.0594. The highest BCUT2D eigenvalue weighted by molar-refractivity contribution is 9.10. The summed E-state index contributed by atoms with van der Waals surface area (Å²) in [5.74, 6) is -0.657. The minimum atomic E-state index is -0.458. The maximum Gasteiger partial charge on any atom is 0.257 e. The fourth-order valence-corrected chi connectivity index (χ4v) is 4.02. The summed E-state index contributed by atoms with van der Waals surface area (Å²) < 4.78 is 14.6. The van der Waals surface area contributed by atoms with Gasteiger partial charge in [-0.15, -0.1) is 11.6 Å². The van der Waals surface area contributed by atoms with Gasteiger partial charge in [0.1, 0.15) is 5.82 Å². The molecule has 0 aromatic heterocycles. The first kappa shape index (κ1) is 13.4. The summed E-state index contributed by atoms with van der Waals surface area (Å²) in [5.41, 5.74) is 0.152. The smallest absolute Gasteiger partial charge is 0.257 e. The number of piperidine rings is 1. The van der Waals surface area contributed by atoms with Gasteiger partial charge in [-0.2, -0.15) is 0 Å². The molecule has 2 nitrogen and oxygen atoms in total. The van der Waals surface area contributed by atoms with E-state index in [-0.39, 0.29) is 28.9 Å². The van der Waals surface area contributed by atoms with Crippen molar-refractivity contribution < 1.29 is 9.18 Å². The molecule has 0 radical (unpaired) electrons. The van der Waals surface area contributed by atoms with Crippen molar-refractivity contribution >= 4 is 33.4 Å². The molecule has 0 N–H and O–H groups in total. The fraction of sp³-hybridized carbons (Fsp3) is 0.500. The number of amides is 1. The van der Waals surface area contributed by atoms with Gasteiger partial charge >= 0.3 is 0 Å². The molecule has 2 heterocycles. The lowest BCUT2D eigenvalue weighted by Crippen LogP contribution is -2.47. The Bertz CT molecular complexity index is 510. The molecule has 2 unspecified atom stereocenters. The van der Waals surface area contributed by atoms with E-state index >= 15 is 0 Å². The van der Waals surface area contributed by atoms with Crippen LogP contribution in [0.3, 0.4) is 0 Å². The van der Waals surface area contributed by atoms with Gasteiger partial charge in [0.2, 0.25) is 0 Å². The molecule has 1 aromatic carbocycles. The zero-order chi connectivity index (χ0) is 13.6. The largest absolute Gasteiger partial charge is 0.332 e. The lowest BCUT2D eigenvalue weighted by atomic mass is 10.0. The molecule has 102 valence electrons. The van der Waals surface area contributed by atoms with Crippen LogP contribution < -0.4 is 0 Å². The molecule has 5 heteroatoms. The molecule has 2 fully saturated rings. The van der Waals surface area contributed by atoms with E-state index in [0.717, 1.165) is 30.2 Å². The van der Waals surface area contributed by atoms with E-state index in [1.807, 2.05) is 4.90 Å². The first-order chi connectivity index (χ1) is 9.06. The van der Waals surface area contributed by atoms with Gasteiger partial charge in [-0.1, -0.05) is 15.9 Å². The van der Waals surface area contributed by atoms with Gasteiger partial charge < -0.3 is 4.90 Å². The van der Waals surface area contributed by atoms with Gasteiger partial charge in [-0.05, 0) is 43.9 Å². The molecule has 1 aromatic rings. The highest BCUT2D eigenvalue weighted by atomic mass is 79.9. The Balaban J connectivity index is 1.90. The average Bonchev–Trinajstić information content (AvgIpc) is 2.64. The number of nitrogens with zero attached hydrogens (tertiary/aromatic N) is 1. The summed E-state index contributed by atoms with van der Waals surface area (Å²) in [7, 11) is 0. The molecular weight excluding hydrogens is 333 g/mol. The third-order valence-electron chi connectivity index (χ3n) is 4.07. The number of hydrogen-bond donors (Lipinski definition) is 0. The molecule has 3 rings (SSSR count). The van der Waals surface area contributed by atoms with E-state index in [0.29, 0.717) is 0 Å². The zero-order valence-electron chi connectivity index (χ0n) is 10.3. The van der Waals surface area contributed by atoms with E-state index in [9.17, 15) is 9.18 Å². The van der Waals surface area contributed by atoms with Crippen LogP contribution in [0.15, 0.2) is 22.7 Å². The van der Waals surface area contributed by atoms with E-state index < -0.39 is 5.82 Å². The van der Waals surface area contributed by atoms with Crippen LogP contribution in [0, 0.1) is 5.82 Å². The van der Waals surface area contributed by atoms with Crippen LogP contribution in [0.4, 0.5) is 4.39 Å². The zero-order valence-corrected chi connectivity index (χ0v) is 12.6. The Morgan fingerprint density at radius 2 is 1.95 bits per heavy atom. The van der Waals surface area contributed by atoms with Gasteiger partial charge in [0.05, 0.1) is 5.56 Å². The van der Waals surface area contributed by atoms with Crippen LogP contribution in [0.2, 0.25) is 0 Å². The van der Waals surface area contributed by atoms with Crippen molar-refractivity contribution in [1.29, 1.82) is 0 Å². The van der Waals surface area contributed by atoms with Crippen LogP contribution in [-0.2, 0) is 0 Å². The quantitative estimate of drug-likeness (QED) is 0.705. The molecule has 0 saturated carbocycles. The summed E-state index contributed by atoms with van der Waals surface area (Å²) >= 11 is 9.48. The molecule has 19 heavy (non-hydrogen) atoms. The third-order valence-corrected chi connectivity index (χ3v) is 4.92. The van der Waals surface area contributed by atoms with Crippen LogP contribution in [-0.4, -0.2) is 28.3 Å². The van der Waals surface area contributed by atoms with Gasteiger partial charge in [0.25, 0.3) is 5.91 Å². The number of carbonyl (C=O) groups excluding carboxylic acids is 1. The third kappa shape index (κ3) is 2.40. The Hall–Kier alpha value is -0.610. The van der Waals surface area contributed by atoms with Crippen molar-refractivity contribution in [3.05, 3.63) is 34.1 Å². The summed E-state index contributed by atoms with van der Waals surface area (Å²) in [6.45, 7) is 0. The Morgan fingerprint density at radius 3 is 2.58 bits per heavy atom. The van der Waals surface area contributed by atoms with E-state index in [2.05, 4.69) is 15.9 Å². The molecule has 2 aliphatic heterocycles. The van der Waals surface area contributed by atoms with Crippen molar-refractivity contribution in [3.63, 3.8) is 0 Å². The average molecular weight is 347 g/mol. The van der Waals surface area contributed by atoms with Crippen LogP contribution in [0.5, 0.6) is 0 Å². The van der Waals surface area contributed by atoms with Crippen molar-refractivity contribution in [2.24, 2.45) is 0 Å². The molecule has 0 aliphatic carbocycles. The Labute approximate surface area is 125 Å². The number of hydrogen-bond acceptors (Lipinski definition) is 1. The van der Waals surface area contributed by atoms with Gasteiger partial charge in [0, 0.05) is 21.9 Å². The molecule has 2 saturated heterocycles. The second kappa shape index (κ2) is 5.06. The second-order valence-electron chi connectivity index (χ2n) is 5.29. The Morgan fingerprint density at radius 1 is 1.32 bits per heavy atom. The fourth-order valence-electron chi connectivity index (χ4n) is 3.24. The number of rotatable bonds is 1. The monoisotopic (exact) mass is 345 g/mol. The molecule has 1 amide bonds. The van der Waals surface area contributed by atoms with E-state index in [1.165, 1.54) is 6.07 Å². The summed E-state index contributed by atoms with van der Waals surface area (Å²) in [4.78, 5) is 14.4. The van der Waals surface area contributed by atoms with Crippen molar-refractivity contribution in [1.82, 2.24) is 4.90 Å². The van der Waals surface area contributed by atoms with Crippen LogP contribution >= 0.6 is 27.5 Å². The van der Waals surface area contributed by atoms with Crippen molar-refractivity contribution in [2.75, 3.05) is 0 Å². The summed E-state index contributed by atoms with van der Waals surface area (Å²) in [6, 6.07) is 4.84. The van der Waals surface area contributed by atoms with E-state index in [1.54, 1.807) is 12.1 Å². The van der Waals surface area contributed by atoms with Crippen LogP contribution in [0.25, 0.3) is 0 Å². The first-order valence-electron chi connectivity index (χ1n) is 6.48. The normalized spacial score (nSPS) is 29.6. The van der Waals surface area contributed by atoms with Gasteiger partial charge in [0.15, 0.2) is 0 Å². The van der Waals surface area contributed by atoms with Gasteiger partial charge in [-0.25, -0.2) is 4.39 Å². The minimum absolute atomic E-state index is 0.147. The number of alkyl halides is 1. The predicted molar refractivity (Wildman–Crippen MR) is 76.0 cm³/mol. The number of fused-ring (bicyclic) bond motifs is 2. The first-order valence-corrected chi connectivity index (χ1v) is 7.71. The highest BCUT2D eigenvalue weighted by Crippen LogP contribution is 2.39. The topological polar surface area (TPSA) is 20.3 Å². The lowest BCUT2D eigenvalue weighted by Gasteiger charge is -2.37. The standard InChI is InChI=1S/C14H14BrClFNO/c15-8-1-4-13(17)12(5-8)14(19)18-10-2-3-11(18)7-9(16)6-10/h1,4-5,9-11H,2-3,6-7H2. The van der Waals surface area contributed by atoms with Crippen LogP contribution in [0.1, 0.15) is 36.0 Å². The molecule has 2 aliphatic rings. The maximum absolute atomic E-state index is 13.8. The van der Waals surface area contributed by atoms with Gasteiger partial charge in [-0.3, -0.25) is 4.79 Å². The SMILES string of the molecule is O=C(c1cc(Br)ccc1F)N1C2CCC1CC(Cl)C2. The second-order valence-corrected chi connectivity index (χ2v) is 6.82. The molecule has 2 atom stereocenters.